The molecule has 0 radical (unpaired) electrons. The van der Waals surface area contributed by atoms with Crippen LogP contribution in [-0.2, 0) is 0 Å². The highest BCUT2D eigenvalue weighted by Crippen LogP contribution is 2.75. The Hall–Kier alpha value is -7.59. The molecule has 1 aliphatic heterocycles. The van der Waals surface area contributed by atoms with Gasteiger partial charge in [0, 0.05) is 43.8 Å². The molecule has 0 bridgehead atoms. The van der Waals surface area contributed by atoms with E-state index in [1.807, 2.05) is 6.08 Å². The molecule has 318 valence electrons. The summed E-state index contributed by atoms with van der Waals surface area (Å²) in [6, 6.07) is 86.0. The molecule has 0 amide bonds. The van der Waals surface area contributed by atoms with Crippen molar-refractivity contribution in [3.8, 4) is 33.4 Å². The van der Waals surface area contributed by atoms with Crippen LogP contribution in [0, 0.1) is 0 Å². The van der Waals surface area contributed by atoms with Crippen LogP contribution < -0.4 is 9.80 Å². The van der Waals surface area contributed by atoms with E-state index < -0.39 is 10.0 Å². The van der Waals surface area contributed by atoms with Crippen LogP contribution in [0.5, 0.6) is 0 Å². The summed E-state index contributed by atoms with van der Waals surface area (Å²) in [4.78, 5) is 8.93. The van der Waals surface area contributed by atoms with Gasteiger partial charge in [0.25, 0.3) is 0 Å². The number of anilines is 6. The van der Waals surface area contributed by atoms with Crippen molar-refractivity contribution in [1.82, 2.24) is 0 Å². The number of hydrogen-bond acceptors (Lipinski definition) is 2. The van der Waals surface area contributed by atoms with Crippen molar-refractivity contribution in [1.29, 1.82) is 0 Å². The van der Waals surface area contributed by atoms with Crippen molar-refractivity contribution >= 4 is 44.2 Å². The van der Waals surface area contributed by atoms with Gasteiger partial charge in [0.15, 0.2) is 0 Å². The van der Waals surface area contributed by atoms with Crippen molar-refractivity contribution in [2.45, 2.75) is 34.5 Å². The highest BCUT2D eigenvalue weighted by molar-refractivity contribution is 8.33. The molecule has 1 aliphatic rings. The number of nitrogens with zero attached hydrogens (tertiary/aromatic N) is 2. The molecule has 0 aromatic heterocycles. The molecule has 0 aliphatic carbocycles. The van der Waals surface area contributed by atoms with Crippen molar-refractivity contribution < 1.29 is 0 Å². The minimum Gasteiger partial charge on any atom is -0.310 e. The fourth-order valence-electron chi connectivity index (χ4n) is 8.83. The first kappa shape index (κ1) is 42.7. The SMILES string of the molecule is C=C/C=C\CCC.CS1(c2ccccc2)c2cc(N(c3ccccc3)c3ccc(-c4ccccc4)cc3)ccc2-c2c(N(c3ccccc3)c3ccc(-c4ccccc4)cc3)cccc21. The smallest absolute Gasteiger partial charge is 0.0551 e. The second kappa shape index (κ2) is 19.8. The zero-order chi connectivity index (χ0) is 44.4. The van der Waals surface area contributed by atoms with Crippen LogP contribution in [0.1, 0.15) is 19.8 Å². The molecule has 0 saturated heterocycles. The lowest BCUT2D eigenvalue weighted by atomic mass is 10.00. The van der Waals surface area contributed by atoms with Crippen molar-refractivity contribution in [2.24, 2.45) is 0 Å². The van der Waals surface area contributed by atoms with Gasteiger partial charge in [-0.2, -0.15) is 10.0 Å². The number of fused-ring (bicyclic) bond motifs is 3. The number of unbranched alkanes of at least 4 members (excludes halogenated alkanes) is 1. The Morgan fingerprint density at radius 3 is 1.40 bits per heavy atom. The number of para-hydroxylation sites is 2. The van der Waals surface area contributed by atoms with Gasteiger partial charge in [0.05, 0.1) is 5.69 Å². The molecule has 9 aromatic rings. The number of allylic oxidation sites excluding steroid dienone is 3. The number of rotatable bonds is 12. The Labute approximate surface area is 387 Å². The average molecular weight is 859 g/mol. The molecule has 0 saturated carbocycles. The molecule has 3 heteroatoms. The van der Waals surface area contributed by atoms with E-state index in [-0.39, 0.29) is 0 Å². The third-order valence-electron chi connectivity index (χ3n) is 12.1. The fraction of sp³-hybridized carbons (Fsp3) is 0.0645. The second-order valence-corrected chi connectivity index (χ2v) is 19.4. The van der Waals surface area contributed by atoms with Crippen LogP contribution >= 0.6 is 10.0 Å². The molecule has 0 fully saturated rings. The minimum absolute atomic E-state index is 1.12. The van der Waals surface area contributed by atoms with Crippen LogP contribution in [0.25, 0.3) is 33.4 Å². The summed E-state index contributed by atoms with van der Waals surface area (Å²) in [6.07, 6.45) is 10.8. The lowest BCUT2D eigenvalue weighted by Crippen LogP contribution is -2.11. The fourth-order valence-corrected chi connectivity index (χ4v) is 12.2. The van der Waals surface area contributed by atoms with Gasteiger partial charge in [-0.25, -0.2) is 0 Å². The molecular weight excluding hydrogens is 805 g/mol. The quantitative estimate of drug-likeness (QED) is 0.113. The van der Waals surface area contributed by atoms with Gasteiger partial charge in [0.1, 0.15) is 0 Å². The van der Waals surface area contributed by atoms with Gasteiger partial charge in [-0.1, -0.05) is 190 Å². The van der Waals surface area contributed by atoms with Gasteiger partial charge in [0.2, 0.25) is 0 Å². The van der Waals surface area contributed by atoms with E-state index in [1.54, 1.807) is 6.08 Å². The maximum Gasteiger partial charge on any atom is 0.0551 e. The molecule has 10 rings (SSSR count). The molecule has 1 heterocycles. The minimum atomic E-state index is -1.68. The maximum absolute atomic E-state index is 3.55. The first-order valence-electron chi connectivity index (χ1n) is 22.5. The van der Waals surface area contributed by atoms with E-state index in [0.717, 1.165) is 28.4 Å². The van der Waals surface area contributed by atoms with Crippen LogP contribution in [0.4, 0.5) is 34.1 Å². The highest BCUT2D eigenvalue weighted by Gasteiger charge is 2.40. The van der Waals surface area contributed by atoms with E-state index in [4.69, 9.17) is 0 Å². The second-order valence-electron chi connectivity index (χ2n) is 16.2. The molecule has 2 nitrogen and oxygen atoms in total. The number of hydrogen-bond donors (Lipinski definition) is 0. The summed E-state index contributed by atoms with van der Waals surface area (Å²) in [7, 11) is -1.68. The molecule has 1 atom stereocenters. The van der Waals surface area contributed by atoms with Crippen LogP contribution in [-0.4, -0.2) is 6.26 Å². The van der Waals surface area contributed by atoms with E-state index in [2.05, 4.69) is 272 Å². The van der Waals surface area contributed by atoms with Crippen LogP contribution in [0.3, 0.4) is 0 Å². The van der Waals surface area contributed by atoms with E-state index >= 15 is 0 Å². The third-order valence-corrected chi connectivity index (χ3v) is 15.7. The molecule has 0 N–H and O–H groups in total. The lowest BCUT2D eigenvalue weighted by Gasteiger charge is -2.35. The van der Waals surface area contributed by atoms with Crippen LogP contribution in [0.2, 0.25) is 0 Å². The molecule has 65 heavy (non-hydrogen) atoms. The van der Waals surface area contributed by atoms with E-state index in [0.29, 0.717) is 0 Å². The van der Waals surface area contributed by atoms with Gasteiger partial charge in [-0.05, 0) is 130 Å². The summed E-state index contributed by atoms with van der Waals surface area (Å²) >= 11 is 0. The molecule has 9 aromatic carbocycles. The predicted molar refractivity (Wildman–Crippen MR) is 281 cm³/mol. The molecular formula is C62H54N2S. The summed E-state index contributed by atoms with van der Waals surface area (Å²) in [5.41, 5.74) is 14.2. The first-order valence-corrected chi connectivity index (χ1v) is 24.5. The zero-order valence-electron chi connectivity index (χ0n) is 37.2. The van der Waals surface area contributed by atoms with E-state index in [9.17, 15) is 0 Å². The molecule has 0 spiro atoms. The molecule has 1 unspecified atom stereocenters. The summed E-state index contributed by atoms with van der Waals surface area (Å²) < 4.78 is 0. The zero-order valence-corrected chi connectivity index (χ0v) is 38.0. The third kappa shape index (κ3) is 8.84. The van der Waals surface area contributed by atoms with Gasteiger partial charge >= 0.3 is 0 Å². The van der Waals surface area contributed by atoms with Crippen molar-refractivity contribution in [2.75, 3.05) is 16.1 Å². The van der Waals surface area contributed by atoms with Crippen molar-refractivity contribution in [3.63, 3.8) is 0 Å². The lowest BCUT2D eigenvalue weighted by molar-refractivity contribution is 0.959. The summed E-state index contributed by atoms with van der Waals surface area (Å²) in [5, 5.41) is 0. The Bertz CT molecular complexity index is 2990. The summed E-state index contributed by atoms with van der Waals surface area (Å²) in [6.45, 7) is 5.71. The Morgan fingerprint density at radius 2 is 0.877 bits per heavy atom. The average Bonchev–Trinajstić information content (AvgIpc) is 3.64. The van der Waals surface area contributed by atoms with Gasteiger partial charge in [-0.3, -0.25) is 0 Å². The van der Waals surface area contributed by atoms with Crippen LogP contribution in [0.15, 0.2) is 276 Å². The standard InChI is InChI=1S/C55H42N2S.C7H12/c1-58(50-26-15-6-16-27-50)53-29-17-28-52(57(46-24-13-5-14-25-46)48-36-32-44(33-37-48)42-20-9-3-10-21-42)55(53)51-39-38-49(40-54(51)58)56(45-22-11-4-12-23-45)47-34-30-43(31-35-47)41-18-7-2-8-19-41;1-3-5-7-6-4-2/h2-40H,1H3;3,5,7H,1,4,6H2,2H3/b;7-5-. The first-order chi connectivity index (χ1) is 32.1. The Morgan fingerprint density at radius 1 is 0.431 bits per heavy atom. The highest BCUT2D eigenvalue weighted by atomic mass is 32.3. The Kier molecular flexibility index (Phi) is 13.0. The van der Waals surface area contributed by atoms with Crippen molar-refractivity contribution in [3.05, 3.63) is 261 Å². The maximum atomic E-state index is 3.55. The normalized spacial score (nSPS) is 14.6. The Balaban J connectivity index is 0.000000706. The monoisotopic (exact) mass is 858 g/mol. The topological polar surface area (TPSA) is 6.48 Å². The largest absolute Gasteiger partial charge is 0.310 e. The van der Waals surface area contributed by atoms with Gasteiger partial charge in [-0.15, -0.1) is 0 Å². The van der Waals surface area contributed by atoms with E-state index in [1.165, 1.54) is 66.6 Å². The van der Waals surface area contributed by atoms with Gasteiger partial charge < -0.3 is 9.80 Å². The summed E-state index contributed by atoms with van der Waals surface area (Å²) in [5.74, 6) is 0. The number of benzene rings is 9. The predicted octanol–water partition coefficient (Wildman–Crippen LogP) is 18.4.